The van der Waals surface area contributed by atoms with Gasteiger partial charge in [0.25, 0.3) is 0 Å². The number of anilines is 1. The molecule has 0 aliphatic carbocycles. The molecule has 1 amide bonds. The topological polar surface area (TPSA) is 47.3 Å². The molecule has 1 fully saturated rings. The highest BCUT2D eigenvalue weighted by Crippen LogP contribution is 2.16. The summed E-state index contributed by atoms with van der Waals surface area (Å²) >= 11 is 0. The highest BCUT2D eigenvalue weighted by molar-refractivity contribution is 5.81. The Bertz CT molecular complexity index is 444. The Morgan fingerprint density at radius 2 is 1.83 bits per heavy atom. The van der Waals surface area contributed by atoms with Gasteiger partial charge < -0.3 is 9.80 Å². The number of hydrogen-bond acceptors (Lipinski definition) is 3. The lowest BCUT2D eigenvalue weighted by molar-refractivity contribution is -0.133. The van der Waals surface area contributed by atoms with Crippen LogP contribution >= 0.6 is 0 Å². The molecule has 4 nitrogen and oxygen atoms in total. The Morgan fingerprint density at radius 1 is 1.22 bits per heavy atom. The summed E-state index contributed by atoms with van der Waals surface area (Å²) in [4.78, 5) is 15.9. The van der Waals surface area contributed by atoms with E-state index in [1.54, 1.807) is 11.8 Å². The van der Waals surface area contributed by atoms with Crippen LogP contribution in [0, 0.1) is 17.2 Å². The quantitative estimate of drug-likeness (QED) is 0.790. The fourth-order valence-corrected chi connectivity index (χ4v) is 2.15. The second-order valence-electron chi connectivity index (χ2n) is 4.50. The maximum absolute atomic E-state index is 11.9. The molecule has 0 bridgehead atoms. The number of hydrogen-bond donors (Lipinski definition) is 0. The van der Waals surface area contributed by atoms with Gasteiger partial charge in [-0.2, -0.15) is 5.26 Å². The molecule has 1 unspecified atom stereocenters. The number of rotatable bonds is 2. The van der Waals surface area contributed by atoms with Gasteiger partial charge in [-0.15, -0.1) is 0 Å². The van der Waals surface area contributed by atoms with Crippen molar-refractivity contribution in [3.05, 3.63) is 30.3 Å². The van der Waals surface area contributed by atoms with Gasteiger partial charge in [-0.1, -0.05) is 18.2 Å². The molecule has 1 aromatic rings. The second kappa shape index (κ2) is 5.54. The summed E-state index contributed by atoms with van der Waals surface area (Å²) in [6, 6.07) is 12.2. The van der Waals surface area contributed by atoms with Crippen LogP contribution in [0.2, 0.25) is 0 Å². The van der Waals surface area contributed by atoms with Crippen LogP contribution in [0.25, 0.3) is 0 Å². The molecule has 1 heterocycles. The molecule has 1 aliphatic heterocycles. The van der Waals surface area contributed by atoms with Crippen molar-refractivity contribution in [1.29, 1.82) is 5.26 Å². The second-order valence-corrected chi connectivity index (χ2v) is 4.50. The highest BCUT2D eigenvalue weighted by Gasteiger charge is 2.24. The molecule has 0 aromatic heterocycles. The Balaban J connectivity index is 1.93. The van der Waals surface area contributed by atoms with E-state index < -0.39 is 5.92 Å². The lowest BCUT2D eigenvalue weighted by atomic mass is 10.1. The zero-order valence-corrected chi connectivity index (χ0v) is 10.5. The number of piperazine rings is 1. The van der Waals surface area contributed by atoms with Crippen molar-refractivity contribution in [2.75, 3.05) is 31.1 Å². The third-order valence-electron chi connectivity index (χ3n) is 3.28. The molecule has 1 aliphatic rings. The molecule has 0 saturated carbocycles. The summed E-state index contributed by atoms with van der Waals surface area (Å²) in [5, 5.41) is 8.76. The van der Waals surface area contributed by atoms with Crippen LogP contribution in [-0.4, -0.2) is 37.0 Å². The van der Waals surface area contributed by atoms with Crippen LogP contribution < -0.4 is 4.90 Å². The molecule has 1 aromatic carbocycles. The predicted octanol–water partition coefficient (Wildman–Crippen LogP) is 1.49. The van der Waals surface area contributed by atoms with Crippen molar-refractivity contribution in [1.82, 2.24) is 4.90 Å². The van der Waals surface area contributed by atoms with Gasteiger partial charge in [-0.25, -0.2) is 0 Å². The van der Waals surface area contributed by atoms with Crippen LogP contribution in [0.5, 0.6) is 0 Å². The molecule has 4 heteroatoms. The minimum Gasteiger partial charge on any atom is -0.368 e. The number of nitriles is 1. The third-order valence-corrected chi connectivity index (χ3v) is 3.28. The first kappa shape index (κ1) is 12.4. The Hall–Kier alpha value is -2.02. The van der Waals surface area contributed by atoms with Gasteiger partial charge in [-0.3, -0.25) is 4.79 Å². The van der Waals surface area contributed by atoms with E-state index in [0.717, 1.165) is 13.1 Å². The minimum atomic E-state index is -0.534. The van der Waals surface area contributed by atoms with E-state index in [1.165, 1.54) is 5.69 Å². The first-order chi connectivity index (χ1) is 8.72. The number of carbonyl (C=O) groups is 1. The zero-order chi connectivity index (χ0) is 13.0. The minimum absolute atomic E-state index is 0.0507. The van der Waals surface area contributed by atoms with Gasteiger partial charge in [0.05, 0.1) is 6.07 Å². The number of carbonyl (C=O) groups excluding carboxylic acids is 1. The molecule has 2 rings (SSSR count). The van der Waals surface area contributed by atoms with Gasteiger partial charge >= 0.3 is 0 Å². The standard InChI is InChI=1S/C14H17N3O/c1-12(11-15)14(18)17-9-7-16(8-10-17)13-5-3-2-4-6-13/h2-6,12H,7-10H2,1H3. The van der Waals surface area contributed by atoms with Gasteiger partial charge in [0, 0.05) is 31.9 Å². The third kappa shape index (κ3) is 2.62. The summed E-state index contributed by atoms with van der Waals surface area (Å²) < 4.78 is 0. The van der Waals surface area contributed by atoms with Crippen LogP contribution in [0.15, 0.2) is 30.3 Å². The van der Waals surface area contributed by atoms with E-state index in [4.69, 9.17) is 5.26 Å². The van der Waals surface area contributed by atoms with Gasteiger partial charge in [0.15, 0.2) is 0 Å². The van der Waals surface area contributed by atoms with Crippen LogP contribution in [-0.2, 0) is 4.79 Å². The summed E-state index contributed by atoms with van der Waals surface area (Å²) in [6.07, 6.45) is 0. The van der Waals surface area contributed by atoms with Gasteiger partial charge in [0.2, 0.25) is 5.91 Å². The van der Waals surface area contributed by atoms with Gasteiger partial charge in [0.1, 0.15) is 5.92 Å². The normalized spacial score (nSPS) is 17.1. The van der Waals surface area contributed by atoms with Crippen molar-refractivity contribution < 1.29 is 4.79 Å². The lowest BCUT2D eigenvalue weighted by Crippen LogP contribution is -2.50. The van der Waals surface area contributed by atoms with Crippen LogP contribution in [0.4, 0.5) is 5.69 Å². The molecular formula is C14H17N3O. The smallest absolute Gasteiger partial charge is 0.239 e. The monoisotopic (exact) mass is 243 g/mol. The van der Waals surface area contributed by atoms with Crippen molar-refractivity contribution in [3.8, 4) is 6.07 Å². The molecule has 0 N–H and O–H groups in total. The van der Waals surface area contributed by atoms with Crippen molar-refractivity contribution in [2.24, 2.45) is 5.92 Å². The van der Waals surface area contributed by atoms with Crippen molar-refractivity contribution in [3.63, 3.8) is 0 Å². The van der Waals surface area contributed by atoms with Crippen molar-refractivity contribution in [2.45, 2.75) is 6.92 Å². The molecule has 18 heavy (non-hydrogen) atoms. The van der Waals surface area contributed by atoms with Gasteiger partial charge in [-0.05, 0) is 19.1 Å². The van der Waals surface area contributed by atoms with E-state index in [0.29, 0.717) is 13.1 Å². The Kier molecular flexibility index (Phi) is 3.83. The average Bonchev–Trinajstić information content (AvgIpc) is 2.47. The molecule has 94 valence electrons. The number of benzene rings is 1. The first-order valence-electron chi connectivity index (χ1n) is 6.21. The number of para-hydroxylation sites is 1. The molecule has 1 atom stereocenters. The molecule has 0 spiro atoms. The lowest BCUT2D eigenvalue weighted by Gasteiger charge is -2.36. The Morgan fingerprint density at radius 3 is 2.39 bits per heavy atom. The van der Waals surface area contributed by atoms with E-state index in [1.807, 2.05) is 24.3 Å². The molecular weight excluding hydrogens is 226 g/mol. The highest BCUT2D eigenvalue weighted by atomic mass is 16.2. The van der Waals surface area contributed by atoms with E-state index in [9.17, 15) is 4.79 Å². The van der Waals surface area contributed by atoms with Crippen LogP contribution in [0.1, 0.15) is 6.92 Å². The summed E-state index contributed by atoms with van der Waals surface area (Å²) in [5.74, 6) is -0.585. The van der Waals surface area contributed by atoms with Crippen molar-refractivity contribution >= 4 is 11.6 Å². The zero-order valence-electron chi connectivity index (χ0n) is 10.5. The largest absolute Gasteiger partial charge is 0.368 e. The number of nitrogens with zero attached hydrogens (tertiary/aromatic N) is 3. The first-order valence-corrected chi connectivity index (χ1v) is 6.21. The molecule has 1 saturated heterocycles. The van der Waals surface area contributed by atoms with E-state index >= 15 is 0 Å². The maximum atomic E-state index is 11.9. The van der Waals surface area contributed by atoms with E-state index in [-0.39, 0.29) is 5.91 Å². The maximum Gasteiger partial charge on any atom is 0.239 e. The van der Waals surface area contributed by atoms with E-state index in [2.05, 4.69) is 17.0 Å². The SMILES string of the molecule is CC(C#N)C(=O)N1CCN(c2ccccc2)CC1. The summed E-state index contributed by atoms with van der Waals surface area (Å²) in [6.45, 7) is 4.70. The number of amides is 1. The fourth-order valence-electron chi connectivity index (χ4n) is 2.15. The fraction of sp³-hybridized carbons (Fsp3) is 0.429. The molecule has 0 radical (unpaired) electrons. The average molecular weight is 243 g/mol. The Labute approximate surface area is 107 Å². The van der Waals surface area contributed by atoms with Crippen LogP contribution in [0.3, 0.4) is 0 Å². The summed E-state index contributed by atoms with van der Waals surface area (Å²) in [7, 11) is 0. The summed E-state index contributed by atoms with van der Waals surface area (Å²) in [5.41, 5.74) is 1.19. The predicted molar refractivity (Wildman–Crippen MR) is 70.0 cm³/mol.